The number of hydrogen-bond donors (Lipinski definition) is 8. The third-order valence-electron chi connectivity index (χ3n) is 7.97. The highest BCUT2D eigenvalue weighted by Gasteiger charge is 2.31. The molecule has 0 aliphatic carbocycles. The number of nitrogens with one attached hydrogen (secondary N) is 5. The monoisotopic (exact) mass is 651 g/mol. The smallest absolute Gasteiger partial charge is 0.326 e. The largest absolute Gasteiger partial charge is 0.508 e. The third kappa shape index (κ3) is 8.85. The summed E-state index contributed by atoms with van der Waals surface area (Å²) in [5.41, 5.74) is 9.75. The summed E-state index contributed by atoms with van der Waals surface area (Å²) in [5.74, 6) is -3.21. The second-order valence-electron chi connectivity index (χ2n) is 11.5. The van der Waals surface area contributed by atoms with Crippen molar-refractivity contribution in [1.29, 1.82) is 0 Å². The maximum Gasteiger partial charge on any atom is 0.326 e. The van der Waals surface area contributed by atoms with Crippen molar-refractivity contribution in [3.05, 3.63) is 120 Å². The van der Waals surface area contributed by atoms with Crippen molar-refractivity contribution in [3.63, 3.8) is 0 Å². The number of H-pyrrole nitrogens is 2. The van der Waals surface area contributed by atoms with Crippen molar-refractivity contribution in [2.24, 2.45) is 5.73 Å². The molecule has 9 N–H and O–H groups in total. The topological polar surface area (TPSA) is 215 Å². The Morgan fingerprint density at radius 2 is 1.33 bits per heavy atom. The summed E-state index contributed by atoms with van der Waals surface area (Å²) in [4.78, 5) is 63.2. The molecule has 13 heteroatoms. The van der Waals surface area contributed by atoms with Crippen LogP contribution < -0.4 is 21.7 Å². The van der Waals surface area contributed by atoms with Gasteiger partial charge in [-0.05, 0) is 41.3 Å². The first kappa shape index (κ1) is 33.4. The molecule has 0 saturated heterocycles. The Hall–Kier alpha value is -5.95. The number of phenolic OH excluding ortho intramolecular Hbond substituents is 1. The molecule has 0 spiro atoms. The average Bonchev–Trinajstić information content (AvgIpc) is 3.75. The van der Waals surface area contributed by atoms with Gasteiger partial charge in [-0.15, -0.1) is 0 Å². The van der Waals surface area contributed by atoms with Crippen LogP contribution in [-0.2, 0) is 44.9 Å². The van der Waals surface area contributed by atoms with Gasteiger partial charge in [0.25, 0.3) is 0 Å². The number of carbonyl (C=O) groups excluding carboxylic acids is 3. The molecule has 2 aromatic heterocycles. The second kappa shape index (κ2) is 15.6. The Morgan fingerprint density at radius 3 is 2.02 bits per heavy atom. The molecule has 0 bridgehead atoms. The minimum Gasteiger partial charge on any atom is -0.508 e. The fraction of sp³-hybridized carbons (Fsp3) is 0.229. The number of phenols is 1. The first-order valence-electron chi connectivity index (χ1n) is 15.4. The molecule has 5 rings (SSSR count). The van der Waals surface area contributed by atoms with Gasteiger partial charge < -0.3 is 41.9 Å². The van der Waals surface area contributed by atoms with E-state index in [0.717, 1.165) is 22.0 Å². The molecule has 4 atom stereocenters. The molecule has 5 aromatic rings. The van der Waals surface area contributed by atoms with Crippen LogP contribution in [0.4, 0.5) is 0 Å². The molecule has 2 heterocycles. The van der Waals surface area contributed by atoms with Gasteiger partial charge >= 0.3 is 5.97 Å². The van der Waals surface area contributed by atoms with Crippen LogP contribution in [0.2, 0.25) is 0 Å². The van der Waals surface area contributed by atoms with Crippen molar-refractivity contribution in [2.45, 2.75) is 49.9 Å². The summed E-state index contributed by atoms with van der Waals surface area (Å²) in [6, 6.07) is 18.0. The number of amides is 3. The number of aromatic nitrogens is 3. The maximum atomic E-state index is 13.9. The van der Waals surface area contributed by atoms with Crippen LogP contribution in [0.5, 0.6) is 5.75 Å². The lowest BCUT2D eigenvalue weighted by Crippen LogP contribution is -2.58. The van der Waals surface area contributed by atoms with Crippen molar-refractivity contribution in [1.82, 2.24) is 30.9 Å². The zero-order valence-electron chi connectivity index (χ0n) is 25.9. The Morgan fingerprint density at radius 1 is 0.708 bits per heavy atom. The van der Waals surface area contributed by atoms with Gasteiger partial charge in [-0.3, -0.25) is 14.4 Å². The van der Waals surface area contributed by atoms with E-state index in [1.807, 2.05) is 54.6 Å². The van der Waals surface area contributed by atoms with Crippen molar-refractivity contribution < 1.29 is 29.4 Å². The van der Waals surface area contributed by atoms with E-state index in [2.05, 4.69) is 30.9 Å². The van der Waals surface area contributed by atoms with E-state index in [4.69, 9.17) is 5.73 Å². The zero-order chi connectivity index (χ0) is 34.0. The van der Waals surface area contributed by atoms with Crippen LogP contribution in [0, 0.1) is 0 Å². The number of para-hydroxylation sites is 1. The summed E-state index contributed by atoms with van der Waals surface area (Å²) < 4.78 is 0. The lowest BCUT2D eigenvalue weighted by atomic mass is 10.0. The van der Waals surface area contributed by atoms with E-state index in [1.165, 1.54) is 24.7 Å². The zero-order valence-corrected chi connectivity index (χ0v) is 25.9. The molecule has 0 radical (unpaired) electrons. The lowest BCUT2D eigenvalue weighted by Gasteiger charge is -2.25. The van der Waals surface area contributed by atoms with Gasteiger partial charge in [-0.2, -0.15) is 0 Å². The molecule has 0 aliphatic heterocycles. The lowest BCUT2D eigenvalue weighted by molar-refractivity contribution is -0.142. The molecule has 3 aromatic carbocycles. The van der Waals surface area contributed by atoms with Crippen LogP contribution in [0.25, 0.3) is 10.9 Å². The molecule has 248 valence electrons. The SMILES string of the molecule is NC(Cc1ccccc1)C(=O)NC(Cc1cnc[nH]1)C(=O)NC(Cc1c[nH]c2ccccc12)C(=O)NC(Cc1ccc(O)cc1)C(=O)O. The average molecular weight is 652 g/mol. The van der Waals surface area contributed by atoms with Gasteiger partial charge in [-0.1, -0.05) is 60.7 Å². The van der Waals surface area contributed by atoms with Gasteiger partial charge in [0.2, 0.25) is 17.7 Å². The number of aromatic amines is 2. The van der Waals surface area contributed by atoms with Crippen LogP contribution >= 0.6 is 0 Å². The van der Waals surface area contributed by atoms with Crippen molar-refractivity contribution in [2.75, 3.05) is 0 Å². The van der Waals surface area contributed by atoms with Gasteiger partial charge in [-0.25, -0.2) is 9.78 Å². The Balaban J connectivity index is 1.37. The number of benzene rings is 3. The van der Waals surface area contributed by atoms with Gasteiger partial charge in [0.1, 0.15) is 23.9 Å². The van der Waals surface area contributed by atoms with Crippen LogP contribution in [0.3, 0.4) is 0 Å². The van der Waals surface area contributed by atoms with E-state index in [9.17, 15) is 29.4 Å². The van der Waals surface area contributed by atoms with E-state index in [0.29, 0.717) is 11.3 Å². The van der Waals surface area contributed by atoms with E-state index < -0.39 is 47.9 Å². The summed E-state index contributed by atoms with van der Waals surface area (Å²) >= 11 is 0. The van der Waals surface area contributed by atoms with E-state index >= 15 is 0 Å². The molecular formula is C35H37N7O6. The van der Waals surface area contributed by atoms with E-state index in [1.54, 1.807) is 18.3 Å². The number of nitrogens with zero attached hydrogens (tertiary/aromatic N) is 1. The van der Waals surface area contributed by atoms with E-state index in [-0.39, 0.29) is 31.4 Å². The number of carboxylic acid groups (broad SMARTS) is 1. The molecular weight excluding hydrogens is 614 g/mol. The Labute approximate surface area is 276 Å². The Bertz CT molecular complexity index is 1840. The third-order valence-corrected chi connectivity index (χ3v) is 7.97. The molecule has 13 nitrogen and oxygen atoms in total. The van der Waals surface area contributed by atoms with Gasteiger partial charge in [0.05, 0.1) is 12.4 Å². The van der Waals surface area contributed by atoms with Crippen LogP contribution in [-0.4, -0.2) is 73.0 Å². The minimum atomic E-state index is -1.33. The quantitative estimate of drug-likeness (QED) is 0.0832. The summed E-state index contributed by atoms with van der Waals surface area (Å²) in [7, 11) is 0. The summed E-state index contributed by atoms with van der Waals surface area (Å²) in [6.45, 7) is 0. The van der Waals surface area contributed by atoms with Gasteiger partial charge in [0.15, 0.2) is 0 Å². The molecule has 0 aliphatic rings. The number of carboxylic acids is 1. The molecule has 4 unspecified atom stereocenters. The van der Waals surface area contributed by atoms with Crippen LogP contribution in [0.1, 0.15) is 22.4 Å². The standard InChI is InChI=1S/C35H37N7O6/c36-27(14-21-6-2-1-3-7-21)32(44)40-30(17-24-19-37-20-39-24)34(46)41-29(16-23-18-38-28-9-5-4-8-26(23)28)33(45)42-31(35(47)48)15-22-10-12-25(43)13-11-22/h1-13,18-20,27,29-31,38,43H,14-17,36H2,(H,37,39)(H,40,44)(H,41,46)(H,42,45)(H,47,48). The fourth-order valence-electron chi connectivity index (χ4n) is 5.41. The number of aliphatic carboxylic acids is 1. The highest BCUT2D eigenvalue weighted by Crippen LogP contribution is 2.20. The number of nitrogens with two attached hydrogens (primary N) is 1. The first-order chi connectivity index (χ1) is 23.2. The first-order valence-corrected chi connectivity index (χ1v) is 15.4. The number of fused-ring (bicyclic) bond motifs is 1. The fourth-order valence-corrected chi connectivity index (χ4v) is 5.41. The predicted molar refractivity (Wildman–Crippen MR) is 178 cm³/mol. The van der Waals surface area contributed by atoms with Crippen molar-refractivity contribution in [3.8, 4) is 5.75 Å². The molecule has 48 heavy (non-hydrogen) atoms. The van der Waals surface area contributed by atoms with Gasteiger partial charge in [0, 0.05) is 48.3 Å². The normalized spacial score (nSPS) is 13.6. The molecule has 0 saturated carbocycles. The predicted octanol–water partition coefficient (Wildman–Crippen LogP) is 1.73. The summed E-state index contributed by atoms with van der Waals surface area (Å²) in [5, 5.41) is 28.5. The number of hydrogen-bond acceptors (Lipinski definition) is 7. The number of imidazole rings is 1. The summed E-state index contributed by atoms with van der Waals surface area (Å²) in [6.07, 6.45) is 4.92. The highest BCUT2D eigenvalue weighted by atomic mass is 16.4. The number of aromatic hydroxyl groups is 1. The van der Waals surface area contributed by atoms with Crippen LogP contribution in [0.15, 0.2) is 97.6 Å². The minimum absolute atomic E-state index is 0.0192. The maximum absolute atomic E-state index is 13.9. The Kier molecular flexibility index (Phi) is 10.8. The second-order valence-corrected chi connectivity index (χ2v) is 11.5. The number of carbonyl (C=O) groups is 4. The molecule has 0 fully saturated rings. The molecule has 3 amide bonds. The number of rotatable bonds is 15. The highest BCUT2D eigenvalue weighted by molar-refractivity contribution is 5.95. The van der Waals surface area contributed by atoms with Crippen molar-refractivity contribution >= 4 is 34.6 Å².